The van der Waals surface area contributed by atoms with E-state index in [0.717, 1.165) is 72.7 Å². The van der Waals surface area contributed by atoms with Gasteiger partial charge in [0, 0.05) is 54.1 Å². The van der Waals surface area contributed by atoms with Crippen molar-refractivity contribution >= 4 is 16.7 Å². The van der Waals surface area contributed by atoms with Crippen LogP contribution in [0.4, 0.5) is 0 Å². The molecule has 0 amide bonds. The smallest absolute Gasteiger partial charge is 0.230 e. The fourth-order valence-electron chi connectivity index (χ4n) is 5.13. The number of nitrogens with zero attached hydrogens (tertiary/aromatic N) is 5. The predicted molar refractivity (Wildman–Crippen MR) is 134 cm³/mol. The van der Waals surface area contributed by atoms with Gasteiger partial charge in [-0.3, -0.25) is 9.78 Å². The molecule has 1 saturated heterocycles. The van der Waals surface area contributed by atoms with Crippen LogP contribution in [-0.4, -0.2) is 57.1 Å². The molecule has 1 aliphatic heterocycles. The summed E-state index contributed by atoms with van der Waals surface area (Å²) in [6, 6.07) is 9.70. The lowest BCUT2D eigenvalue weighted by Gasteiger charge is -2.32. The molecule has 1 aromatic carbocycles. The molecular formula is C27H31N5O3. The van der Waals surface area contributed by atoms with Crippen LogP contribution in [0, 0.1) is 5.92 Å². The molecule has 0 spiro atoms. The molecule has 4 aromatic rings. The van der Waals surface area contributed by atoms with E-state index in [9.17, 15) is 4.79 Å². The van der Waals surface area contributed by atoms with Gasteiger partial charge in [-0.15, -0.1) is 0 Å². The maximum Gasteiger partial charge on any atom is 0.230 e. The van der Waals surface area contributed by atoms with Gasteiger partial charge in [0.1, 0.15) is 5.75 Å². The van der Waals surface area contributed by atoms with Crippen LogP contribution in [0.2, 0.25) is 0 Å². The molecule has 35 heavy (non-hydrogen) atoms. The number of piperidine rings is 1. The van der Waals surface area contributed by atoms with Crippen molar-refractivity contribution in [1.29, 1.82) is 0 Å². The lowest BCUT2D eigenvalue weighted by molar-refractivity contribution is 0.101. The van der Waals surface area contributed by atoms with Crippen molar-refractivity contribution in [3.63, 3.8) is 0 Å². The number of carbonyl (C=O) groups is 1. The van der Waals surface area contributed by atoms with E-state index < -0.39 is 0 Å². The largest absolute Gasteiger partial charge is 0.495 e. The molecule has 8 nitrogen and oxygen atoms in total. The summed E-state index contributed by atoms with van der Waals surface area (Å²) in [5, 5.41) is 5.11. The molecule has 0 N–H and O–H groups in total. The number of pyridine rings is 1. The summed E-state index contributed by atoms with van der Waals surface area (Å²) < 4.78 is 13.4. The zero-order valence-corrected chi connectivity index (χ0v) is 20.5. The Labute approximate surface area is 204 Å². The van der Waals surface area contributed by atoms with Crippen molar-refractivity contribution < 1.29 is 14.1 Å². The van der Waals surface area contributed by atoms with E-state index in [0.29, 0.717) is 11.7 Å². The number of likely N-dealkylation sites (tertiary alicyclic amines) is 1. The van der Waals surface area contributed by atoms with Gasteiger partial charge in [0.05, 0.1) is 12.6 Å². The predicted octanol–water partition coefficient (Wildman–Crippen LogP) is 4.81. The van der Waals surface area contributed by atoms with Gasteiger partial charge in [0.25, 0.3) is 0 Å². The number of benzene rings is 1. The molecule has 5 rings (SSSR count). The summed E-state index contributed by atoms with van der Waals surface area (Å²) in [5.74, 6) is 2.89. The van der Waals surface area contributed by atoms with E-state index in [1.807, 2.05) is 36.5 Å². The number of aromatic nitrogens is 4. The quantitative estimate of drug-likeness (QED) is 0.339. The van der Waals surface area contributed by atoms with Crippen molar-refractivity contribution in [2.24, 2.45) is 5.92 Å². The van der Waals surface area contributed by atoms with Gasteiger partial charge >= 0.3 is 0 Å². The van der Waals surface area contributed by atoms with E-state index in [2.05, 4.69) is 31.5 Å². The van der Waals surface area contributed by atoms with Crippen molar-refractivity contribution in [2.45, 2.75) is 39.2 Å². The topological polar surface area (TPSA) is 86.3 Å². The molecule has 1 aliphatic rings. The first-order chi connectivity index (χ1) is 17.0. The standard InChI is InChI=1S/C27H31N5O3/c1-18(16-32-17-23(19(2)33)22-7-4-8-24(34-3)25(22)32)15-31-12-9-20(10-13-31)27-29-26(30-35-27)21-6-5-11-28-14-21/h4-8,11,14,17-18,20H,9-10,12-13,15-16H2,1-3H3. The lowest BCUT2D eigenvalue weighted by atomic mass is 9.96. The maximum atomic E-state index is 12.2. The molecule has 0 radical (unpaired) electrons. The number of ether oxygens (including phenoxy) is 1. The molecule has 8 heteroatoms. The molecule has 3 aromatic heterocycles. The summed E-state index contributed by atoms with van der Waals surface area (Å²) in [7, 11) is 1.68. The summed E-state index contributed by atoms with van der Waals surface area (Å²) in [5.41, 5.74) is 2.61. The third-order valence-electron chi connectivity index (χ3n) is 6.84. The second-order valence-electron chi connectivity index (χ2n) is 9.49. The highest BCUT2D eigenvalue weighted by Crippen LogP contribution is 2.32. The average Bonchev–Trinajstić information content (AvgIpc) is 3.51. The first-order valence-electron chi connectivity index (χ1n) is 12.2. The summed E-state index contributed by atoms with van der Waals surface area (Å²) in [6.45, 7) is 7.68. The average molecular weight is 474 g/mol. The van der Waals surface area contributed by atoms with Crippen molar-refractivity contribution in [1.82, 2.24) is 24.6 Å². The number of para-hydroxylation sites is 1. The first kappa shape index (κ1) is 23.2. The zero-order chi connectivity index (χ0) is 24.4. The molecule has 182 valence electrons. The van der Waals surface area contributed by atoms with Gasteiger partial charge in [-0.05, 0) is 57.0 Å². The van der Waals surface area contributed by atoms with Gasteiger partial charge in [0.2, 0.25) is 11.7 Å². The number of hydrogen-bond acceptors (Lipinski definition) is 7. The van der Waals surface area contributed by atoms with Crippen LogP contribution < -0.4 is 4.74 Å². The monoisotopic (exact) mass is 473 g/mol. The number of hydrogen-bond donors (Lipinski definition) is 0. The Morgan fingerprint density at radius 2 is 2.03 bits per heavy atom. The molecule has 1 unspecified atom stereocenters. The second kappa shape index (κ2) is 10.00. The molecule has 0 saturated carbocycles. The van der Waals surface area contributed by atoms with Gasteiger partial charge in [0.15, 0.2) is 5.78 Å². The van der Waals surface area contributed by atoms with Crippen LogP contribution in [0.15, 0.2) is 53.4 Å². The minimum atomic E-state index is 0.0736. The van der Waals surface area contributed by atoms with Crippen LogP contribution in [-0.2, 0) is 6.54 Å². The minimum Gasteiger partial charge on any atom is -0.495 e. The summed E-state index contributed by atoms with van der Waals surface area (Å²) in [4.78, 5) is 23.5. The Kier molecular flexibility index (Phi) is 6.63. The second-order valence-corrected chi connectivity index (χ2v) is 9.49. The Bertz CT molecular complexity index is 1310. The highest BCUT2D eigenvalue weighted by molar-refractivity contribution is 6.08. The summed E-state index contributed by atoms with van der Waals surface area (Å²) >= 11 is 0. The molecule has 4 heterocycles. The number of carbonyl (C=O) groups excluding carboxylic acids is 1. The molecule has 1 atom stereocenters. The Morgan fingerprint density at radius 3 is 2.74 bits per heavy atom. The Balaban J connectivity index is 1.21. The third-order valence-corrected chi connectivity index (χ3v) is 6.84. The van der Waals surface area contributed by atoms with Gasteiger partial charge in [-0.2, -0.15) is 4.98 Å². The number of rotatable bonds is 8. The highest BCUT2D eigenvalue weighted by atomic mass is 16.5. The molecular weight excluding hydrogens is 442 g/mol. The highest BCUT2D eigenvalue weighted by Gasteiger charge is 2.26. The van der Waals surface area contributed by atoms with E-state index in [1.165, 1.54) is 0 Å². The van der Waals surface area contributed by atoms with Crippen LogP contribution >= 0.6 is 0 Å². The van der Waals surface area contributed by atoms with Crippen molar-refractivity contribution in [3.8, 4) is 17.1 Å². The molecule has 1 fully saturated rings. The SMILES string of the molecule is COc1cccc2c(C(C)=O)cn(CC(C)CN3CCC(c4nc(-c5cccnc5)no4)CC3)c12. The van der Waals surface area contributed by atoms with Crippen LogP contribution in [0.5, 0.6) is 5.75 Å². The van der Waals surface area contributed by atoms with E-state index in [1.54, 1.807) is 26.4 Å². The van der Waals surface area contributed by atoms with E-state index >= 15 is 0 Å². The fourth-order valence-corrected chi connectivity index (χ4v) is 5.13. The number of Topliss-reactive ketones (excluding diaryl/α,β-unsaturated/α-hetero) is 1. The van der Waals surface area contributed by atoms with E-state index in [-0.39, 0.29) is 11.7 Å². The fraction of sp³-hybridized carbons (Fsp3) is 0.407. The zero-order valence-electron chi connectivity index (χ0n) is 20.5. The lowest BCUT2D eigenvalue weighted by Crippen LogP contribution is -2.37. The Morgan fingerprint density at radius 1 is 1.20 bits per heavy atom. The number of methoxy groups -OCH3 is 1. The number of fused-ring (bicyclic) bond motifs is 1. The van der Waals surface area contributed by atoms with Crippen LogP contribution in [0.25, 0.3) is 22.3 Å². The van der Waals surface area contributed by atoms with Gasteiger partial charge in [-0.1, -0.05) is 24.2 Å². The van der Waals surface area contributed by atoms with Gasteiger partial charge < -0.3 is 18.7 Å². The minimum absolute atomic E-state index is 0.0736. The van der Waals surface area contributed by atoms with Crippen molar-refractivity contribution in [3.05, 3.63) is 60.4 Å². The first-order valence-corrected chi connectivity index (χ1v) is 12.2. The van der Waals surface area contributed by atoms with E-state index in [4.69, 9.17) is 9.26 Å². The van der Waals surface area contributed by atoms with Crippen molar-refractivity contribution in [2.75, 3.05) is 26.7 Å². The third kappa shape index (κ3) is 4.84. The van der Waals surface area contributed by atoms with Crippen LogP contribution in [0.3, 0.4) is 0 Å². The van der Waals surface area contributed by atoms with Gasteiger partial charge in [-0.25, -0.2) is 0 Å². The molecule has 0 bridgehead atoms. The Hall–Kier alpha value is -3.52. The molecule has 0 aliphatic carbocycles. The van der Waals surface area contributed by atoms with Crippen LogP contribution in [0.1, 0.15) is 48.9 Å². The number of ketones is 1. The normalized spacial score (nSPS) is 16.0. The maximum absolute atomic E-state index is 12.2. The summed E-state index contributed by atoms with van der Waals surface area (Å²) in [6.07, 6.45) is 7.46.